The predicted octanol–water partition coefficient (Wildman–Crippen LogP) is 1.26. The largest absolute Gasteiger partial charge is 0.394 e. The van der Waals surface area contributed by atoms with E-state index in [4.69, 9.17) is 9.47 Å². The first kappa shape index (κ1) is 25.8. The minimum atomic E-state index is -1.24. The lowest BCUT2D eigenvalue weighted by molar-refractivity contribution is -0.216. The molecule has 11 nitrogen and oxygen atoms in total. The van der Waals surface area contributed by atoms with E-state index in [2.05, 4.69) is 20.6 Å². The Morgan fingerprint density at radius 1 is 1.11 bits per heavy atom. The normalized spacial score (nSPS) is 27.6. The number of methoxy groups -OCH3 is 1. The highest BCUT2D eigenvalue weighted by molar-refractivity contribution is 5.59. The SMILES string of the molecule is CO[C@@H]1[C@@H](n2cc(-c3ccc(C)c(F)c3F)nn2)[C@@H](O)[C@@H](CO)O[C@@H]1Cn1cc(C2(O)CCCC2)nn1. The Hall–Kier alpha value is -2.84. The van der Waals surface area contributed by atoms with Gasteiger partial charge in [-0.2, -0.15) is 0 Å². The number of benzene rings is 1. The van der Waals surface area contributed by atoms with E-state index in [-0.39, 0.29) is 23.4 Å². The number of aliphatic hydroxyl groups excluding tert-OH is 2. The fourth-order valence-electron chi connectivity index (χ4n) is 5.30. The lowest BCUT2D eigenvalue weighted by Gasteiger charge is -2.43. The van der Waals surface area contributed by atoms with E-state index in [1.807, 2.05) is 0 Å². The summed E-state index contributed by atoms with van der Waals surface area (Å²) in [6, 6.07) is 1.98. The van der Waals surface area contributed by atoms with Crippen LogP contribution in [0.25, 0.3) is 11.3 Å². The Morgan fingerprint density at radius 2 is 1.86 bits per heavy atom. The molecule has 200 valence electrons. The fourth-order valence-corrected chi connectivity index (χ4v) is 5.30. The second kappa shape index (κ2) is 10.1. The van der Waals surface area contributed by atoms with Crippen molar-refractivity contribution in [1.82, 2.24) is 30.0 Å². The Bertz CT molecular complexity index is 1250. The summed E-state index contributed by atoms with van der Waals surface area (Å²) in [6.45, 7) is 1.13. The van der Waals surface area contributed by atoms with Gasteiger partial charge in [-0.25, -0.2) is 18.1 Å². The second-order valence-corrected chi connectivity index (χ2v) is 9.78. The van der Waals surface area contributed by atoms with Crippen molar-refractivity contribution in [2.45, 2.75) is 75.2 Å². The zero-order chi connectivity index (χ0) is 26.3. The third-order valence-corrected chi connectivity index (χ3v) is 7.42. The van der Waals surface area contributed by atoms with Gasteiger partial charge in [0.25, 0.3) is 0 Å². The number of aryl methyl sites for hydroxylation is 1. The zero-order valence-electron chi connectivity index (χ0n) is 20.5. The van der Waals surface area contributed by atoms with Crippen LogP contribution in [0.3, 0.4) is 0 Å². The van der Waals surface area contributed by atoms with Crippen LogP contribution in [-0.2, 0) is 21.6 Å². The van der Waals surface area contributed by atoms with Crippen molar-refractivity contribution in [2.75, 3.05) is 13.7 Å². The average molecular weight is 521 g/mol. The maximum atomic E-state index is 14.6. The van der Waals surface area contributed by atoms with Crippen molar-refractivity contribution in [1.29, 1.82) is 0 Å². The van der Waals surface area contributed by atoms with E-state index in [1.54, 1.807) is 6.20 Å². The molecule has 0 bridgehead atoms. The summed E-state index contributed by atoms with van der Waals surface area (Å²) in [5, 5.41) is 48.1. The molecule has 3 N–H and O–H groups in total. The van der Waals surface area contributed by atoms with E-state index in [0.717, 1.165) is 12.8 Å². The van der Waals surface area contributed by atoms with Crippen molar-refractivity contribution < 1.29 is 33.6 Å². The maximum Gasteiger partial charge on any atom is 0.168 e. The minimum Gasteiger partial charge on any atom is -0.394 e. The van der Waals surface area contributed by atoms with Gasteiger partial charge in [-0.05, 0) is 31.4 Å². The molecule has 37 heavy (non-hydrogen) atoms. The molecular weight excluding hydrogens is 490 g/mol. The molecule has 5 rings (SSSR count). The molecular formula is C24H30F2N6O5. The zero-order valence-corrected chi connectivity index (χ0v) is 20.5. The van der Waals surface area contributed by atoms with Gasteiger partial charge in [0.2, 0.25) is 0 Å². The number of hydrogen-bond acceptors (Lipinski definition) is 9. The minimum absolute atomic E-state index is 0.0693. The Morgan fingerprint density at radius 3 is 2.57 bits per heavy atom. The van der Waals surface area contributed by atoms with Gasteiger partial charge in [0, 0.05) is 12.7 Å². The van der Waals surface area contributed by atoms with Crippen molar-refractivity contribution in [3.05, 3.63) is 47.4 Å². The van der Waals surface area contributed by atoms with Crippen LogP contribution in [0.1, 0.15) is 43.0 Å². The van der Waals surface area contributed by atoms with Crippen LogP contribution in [0.15, 0.2) is 24.5 Å². The number of aromatic nitrogens is 6. The molecule has 2 aliphatic rings. The third-order valence-electron chi connectivity index (χ3n) is 7.42. The molecule has 0 unspecified atom stereocenters. The smallest absolute Gasteiger partial charge is 0.168 e. The summed E-state index contributed by atoms with van der Waals surface area (Å²) < 4.78 is 43.2. The highest BCUT2D eigenvalue weighted by Crippen LogP contribution is 2.38. The van der Waals surface area contributed by atoms with Gasteiger partial charge in [-0.3, -0.25) is 0 Å². The van der Waals surface area contributed by atoms with E-state index >= 15 is 0 Å². The highest BCUT2D eigenvalue weighted by atomic mass is 19.2. The fraction of sp³-hybridized carbons (Fsp3) is 0.583. The number of aliphatic hydroxyl groups is 3. The van der Waals surface area contributed by atoms with Crippen LogP contribution in [0.2, 0.25) is 0 Å². The number of ether oxygens (including phenoxy) is 2. The van der Waals surface area contributed by atoms with Crippen LogP contribution in [0.5, 0.6) is 0 Å². The first-order valence-electron chi connectivity index (χ1n) is 12.2. The predicted molar refractivity (Wildman–Crippen MR) is 124 cm³/mol. The van der Waals surface area contributed by atoms with Crippen molar-refractivity contribution in [3.63, 3.8) is 0 Å². The Labute approximate surface area is 211 Å². The van der Waals surface area contributed by atoms with Crippen LogP contribution >= 0.6 is 0 Å². The Balaban J connectivity index is 1.43. The van der Waals surface area contributed by atoms with E-state index in [0.29, 0.717) is 18.5 Å². The van der Waals surface area contributed by atoms with E-state index < -0.39 is 54.3 Å². The average Bonchev–Trinajstić information content (AvgIpc) is 3.65. The summed E-state index contributed by atoms with van der Waals surface area (Å²) in [4.78, 5) is 0. The van der Waals surface area contributed by atoms with Gasteiger partial charge in [-0.1, -0.05) is 29.3 Å². The van der Waals surface area contributed by atoms with Crippen molar-refractivity contribution in [3.8, 4) is 11.3 Å². The van der Waals surface area contributed by atoms with E-state index in [9.17, 15) is 24.1 Å². The molecule has 0 radical (unpaired) electrons. The summed E-state index contributed by atoms with van der Waals surface area (Å²) >= 11 is 0. The molecule has 1 saturated carbocycles. The standard InChI is InChI=1S/C24H30F2N6O5/c1-13-5-6-14(20(26)19(13)25)15-9-32(30-27-15)21-22(34)17(12-33)37-16(23(21)36-2)10-31-11-18(28-29-31)24(35)7-3-4-8-24/h5-6,9,11,16-17,21-23,33-35H,3-4,7-8,10,12H2,1-2H3/t16-,17-,21+,22+,23+/m1/s1. The van der Waals surface area contributed by atoms with Gasteiger partial charge in [0.05, 0.1) is 25.5 Å². The summed E-state index contributed by atoms with van der Waals surface area (Å²) in [5.41, 5.74) is -0.343. The topological polar surface area (TPSA) is 141 Å². The summed E-state index contributed by atoms with van der Waals surface area (Å²) in [6.07, 6.45) is 2.41. The lowest BCUT2D eigenvalue weighted by Crippen LogP contribution is -2.57. The molecule has 13 heteroatoms. The van der Waals surface area contributed by atoms with Crippen LogP contribution in [-0.4, -0.2) is 83.4 Å². The van der Waals surface area contributed by atoms with Crippen LogP contribution in [0, 0.1) is 18.6 Å². The molecule has 1 saturated heterocycles. The van der Waals surface area contributed by atoms with Crippen molar-refractivity contribution in [2.24, 2.45) is 0 Å². The molecule has 2 fully saturated rings. The molecule has 3 aromatic rings. The third kappa shape index (κ3) is 4.66. The monoisotopic (exact) mass is 520 g/mol. The first-order chi connectivity index (χ1) is 17.8. The van der Waals surface area contributed by atoms with Gasteiger partial charge < -0.3 is 24.8 Å². The maximum absolute atomic E-state index is 14.6. The number of rotatable bonds is 7. The highest BCUT2D eigenvalue weighted by Gasteiger charge is 2.47. The molecule has 0 spiro atoms. The Kier molecular flexibility index (Phi) is 7.07. The first-order valence-corrected chi connectivity index (χ1v) is 12.2. The molecule has 0 amide bonds. The van der Waals surface area contributed by atoms with Crippen LogP contribution in [0.4, 0.5) is 8.78 Å². The number of hydrogen-bond donors (Lipinski definition) is 3. The van der Waals surface area contributed by atoms with Gasteiger partial charge in [0.1, 0.15) is 47.4 Å². The van der Waals surface area contributed by atoms with Gasteiger partial charge >= 0.3 is 0 Å². The molecule has 1 aliphatic carbocycles. The van der Waals surface area contributed by atoms with Gasteiger partial charge in [-0.15, -0.1) is 10.2 Å². The quantitative estimate of drug-likeness (QED) is 0.420. The summed E-state index contributed by atoms with van der Waals surface area (Å²) in [7, 11) is 1.45. The molecule has 2 aromatic heterocycles. The molecule has 1 aliphatic heterocycles. The van der Waals surface area contributed by atoms with E-state index in [1.165, 1.54) is 41.7 Å². The number of halogens is 2. The molecule has 3 heterocycles. The van der Waals surface area contributed by atoms with Crippen molar-refractivity contribution >= 4 is 0 Å². The number of nitrogens with zero attached hydrogens (tertiary/aromatic N) is 6. The summed E-state index contributed by atoms with van der Waals surface area (Å²) in [5.74, 6) is -2.01. The molecule has 1 aromatic carbocycles. The van der Waals surface area contributed by atoms with Gasteiger partial charge in [0.15, 0.2) is 11.6 Å². The van der Waals surface area contributed by atoms with Crippen LogP contribution < -0.4 is 0 Å². The molecule has 5 atom stereocenters. The second-order valence-electron chi connectivity index (χ2n) is 9.78. The lowest BCUT2D eigenvalue weighted by atomic mass is 9.92.